The lowest BCUT2D eigenvalue weighted by atomic mass is 10.0. The van der Waals surface area contributed by atoms with Crippen molar-refractivity contribution in [1.29, 1.82) is 0 Å². The van der Waals surface area contributed by atoms with E-state index in [0.717, 1.165) is 11.4 Å². The summed E-state index contributed by atoms with van der Waals surface area (Å²) in [5, 5.41) is 6.40. The Kier molecular flexibility index (Phi) is 4.42. The van der Waals surface area contributed by atoms with E-state index in [9.17, 15) is 0 Å². The molecule has 0 spiro atoms. The minimum atomic E-state index is 0.404. The van der Waals surface area contributed by atoms with Crippen molar-refractivity contribution in [2.45, 2.75) is 33.2 Å². The summed E-state index contributed by atoms with van der Waals surface area (Å²) in [7, 11) is 2.00. The van der Waals surface area contributed by atoms with Crippen molar-refractivity contribution in [3.05, 3.63) is 20.8 Å². The molecule has 1 atom stereocenters. The van der Waals surface area contributed by atoms with Crippen LogP contribution in [0.1, 0.15) is 36.8 Å². The Balaban J connectivity index is 2.84. The molecule has 0 amide bonds. The van der Waals surface area contributed by atoms with Gasteiger partial charge in [-0.05, 0) is 37.3 Å². The van der Waals surface area contributed by atoms with Gasteiger partial charge < -0.3 is 5.32 Å². The van der Waals surface area contributed by atoms with Crippen molar-refractivity contribution >= 4 is 22.9 Å². The van der Waals surface area contributed by atoms with Crippen molar-refractivity contribution in [2.24, 2.45) is 5.92 Å². The van der Waals surface area contributed by atoms with E-state index in [-0.39, 0.29) is 0 Å². The molecular weight excluding hydrogens is 214 g/mol. The molecule has 0 saturated carbocycles. The van der Waals surface area contributed by atoms with Gasteiger partial charge in [-0.15, -0.1) is 11.3 Å². The summed E-state index contributed by atoms with van der Waals surface area (Å²) in [5.41, 5.74) is 1.19. The second kappa shape index (κ2) is 5.15. The van der Waals surface area contributed by atoms with E-state index in [0.29, 0.717) is 12.0 Å². The standard InChI is InChI=1S/C11H18ClNS/c1-7(2)5-9(13-4)11-10(12)8(3)6-14-11/h6-7,9,13H,5H2,1-4H3. The van der Waals surface area contributed by atoms with Crippen molar-refractivity contribution < 1.29 is 0 Å². The van der Waals surface area contributed by atoms with Crippen LogP contribution in [0.3, 0.4) is 0 Å². The topological polar surface area (TPSA) is 12.0 Å². The SMILES string of the molecule is CNC(CC(C)C)c1scc(C)c1Cl. The third-order valence-electron chi connectivity index (χ3n) is 2.30. The van der Waals surface area contributed by atoms with Crippen LogP contribution in [0.2, 0.25) is 5.02 Å². The van der Waals surface area contributed by atoms with Crippen molar-refractivity contribution in [1.82, 2.24) is 5.32 Å². The molecule has 1 aromatic heterocycles. The fourth-order valence-corrected chi connectivity index (χ4v) is 2.96. The number of thiophene rings is 1. The zero-order chi connectivity index (χ0) is 10.7. The minimum Gasteiger partial charge on any atom is -0.312 e. The van der Waals surface area contributed by atoms with Gasteiger partial charge in [0, 0.05) is 10.9 Å². The van der Waals surface area contributed by atoms with Crippen LogP contribution in [-0.4, -0.2) is 7.05 Å². The van der Waals surface area contributed by atoms with Crippen LogP contribution in [0, 0.1) is 12.8 Å². The van der Waals surface area contributed by atoms with Gasteiger partial charge in [-0.2, -0.15) is 0 Å². The molecule has 14 heavy (non-hydrogen) atoms. The zero-order valence-electron chi connectivity index (χ0n) is 9.23. The molecule has 0 radical (unpaired) electrons. The molecule has 0 aliphatic carbocycles. The van der Waals surface area contributed by atoms with E-state index in [2.05, 4.69) is 31.5 Å². The third-order valence-corrected chi connectivity index (χ3v) is 4.12. The van der Waals surface area contributed by atoms with Gasteiger partial charge >= 0.3 is 0 Å². The van der Waals surface area contributed by atoms with Gasteiger partial charge in [0.1, 0.15) is 0 Å². The Morgan fingerprint density at radius 3 is 2.50 bits per heavy atom. The second-order valence-corrected chi connectivity index (χ2v) is 5.36. The van der Waals surface area contributed by atoms with Gasteiger partial charge in [0.2, 0.25) is 0 Å². The highest BCUT2D eigenvalue weighted by atomic mass is 35.5. The number of aryl methyl sites for hydroxylation is 1. The highest BCUT2D eigenvalue weighted by Gasteiger charge is 2.17. The lowest BCUT2D eigenvalue weighted by molar-refractivity contribution is 0.462. The molecule has 0 bridgehead atoms. The predicted octanol–water partition coefficient (Wildman–Crippen LogP) is 4.02. The number of hydrogen-bond acceptors (Lipinski definition) is 2. The quantitative estimate of drug-likeness (QED) is 0.826. The second-order valence-electron chi connectivity index (χ2n) is 4.07. The Labute approximate surface area is 95.5 Å². The van der Waals surface area contributed by atoms with Crippen LogP contribution in [0.25, 0.3) is 0 Å². The highest BCUT2D eigenvalue weighted by Crippen LogP contribution is 2.34. The molecule has 1 heterocycles. The molecule has 1 unspecified atom stereocenters. The number of halogens is 1. The summed E-state index contributed by atoms with van der Waals surface area (Å²) in [5.74, 6) is 0.686. The first-order valence-corrected chi connectivity index (χ1v) is 6.22. The Morgan fingerprint density at radius 2 is 2.14 bits per heavy atom. The van der Waals surface area contributed by atoms with Crippen LogP contribution in [0.5, 0.6) is 0 Å². The molecular formula is C11H18ClNS. The monoisotopic (exact) mass is 231 g/mol. The van der Waals surface area contributed by atoms with Crippen LogP contribution >= 0.6 is 22.9 Å². The molecule has 1 rings (SSSR count). The zero-order valence-corrected chi connectivity index (χ0v) is 10.8. The number of hydrogen-bond donors (Lipinski definition) is 1. The highest BCUT2D eigenvalue weighted by molar-refractivity contribution is 7.10. The number of nitrogens with one attached hydrogen (secondary N) is 1. The van der Waals surface area contributed by atoms with Gasteiger partial charge in [-0.25, -0.2) is 0 Å². The third kappa shape index (κ3) is 2.72. The van der Waals surface area contributed by atoms with E-state index < -0.39 is 0 Å². The van der Waals surface area contributed by atoms with Crippen molar-refractivity contribution in [3.63, 3.8) is 0 Å². The summed E-state index contributed by atoms with van der Waals surface area (Å²) in [6.07, 6.45) is 1.14. The average Bonchev–Trinajstić information content (AvgIpc) is 2.44. The average molecular weight is 232 g/mol. The first-order chi connectivity index (χ1) is 6.56. The van der Waals surface area contributed by atoms with Crippen LogP contribution in [0.15, 0.2) is 5.38 Å². The lowest BCUT2D eigenvalue weighted by Crippen LogP contribution is -2.17. The van der Waals surface area contributed by atoms with Gasteiger partial charge in [0.15, 0.2) is 0 Å². The molecule has 80 valence electrons. The maximum absolute atomic E-state index is 6.24. The molecule has 0 aliphatic rings. The molecule has 1 N–H and O–H groups in total. The Morgan fingerprint density at radius 1 is 1.50 bits per heavy atom. The molecule has 1 aromatic rings. The van der Waals surface area contributed by atoms with Crippen LogP contribution < -0.4 is 5.32 Å². The summed E-state index contributed by atoms with van der Waals surface area (Å²) in [6, 6.07) is 0.404. The van der Waals surface area contributed by atoms with Gasteiger partial charge in [-0.1, -0.05) is 25.4 Å². The van der Waals surface area contributed by atoms with Crippen LogP contribution in [0.4, 0.5) is 0 Å². The van der Waals surface area contributed by atoms with E-state index in [1.54, 1.807) is 11.3 Å². The van der Waals surface area contributed by atoms with Gasteiger partial charge in [0.05, 0.1) is 5.02 Å². The van der Waals surface area contributed by atoms with E-state index in [1.807, 2.05) is 7.05 Å². The molecule has 0 aliphatic heterocycles. The Hall–Kier alpha value is -0.0500. The lowest BCUT2D eigenvalue weighted by Gasteiger charge is -2.17. The number of rotatable bonds is 4. The maximum Gasteiger partial charge on any atom is 0.0590 e. The van der Waals surface area contributed by atoms with Crippen LogP contribution in [-0.2, 0) is 0 Å². The van der Waals surface area contributed by atoms with Crippen molar-refractivity contribution in [3.8, 4) is 0 Å². The van der Waals surface area contributed by atoms with E-state index in [1.165, 1.54) is 10.4 Å². The molecule has 0 aromatic carbocycles. The molecule has 0 fully saturated rings. The van der Waals surface area contributed by atoms with Crippen molar-refractivity contribution in [2.75, 3.05) is 7.05 Å². The summed E-state index contributed by atoms with van der Waals surface area (Å²) in [6.45, 7) is 6.53. The molecule has 0 saturated heterocycles. The van der Waals surface area contributed by atoms with E-state index >= 15 is 0 Å². The molecule has 3 heteroatoms. The predicted molar refractivity (Wildman–Crippen MR) is 65.3 cm³/mol. The fourth-order valence-electron chi connectivity index (χ4n) is 1.51. The minimum absolute atomic E-state index is 0.404. The summed E-state index contributed by atoms with van der Waals surface area (Å²) >= 11 is 7.99. The normalized spacial score (nSPS) is 13.6. The smallest absolute Gasteiger partial charge is 0.0590 e. The summed E-state index contributed by atoms with van der Waals surface area (Å²) in [4.78, 5) is 1.28. The summed E-state index contributed by atoms with van der Waals surface area (Å²) < 4.78 is 0. The largest absolute Gasteiger partial charge is 0.312 e. The first kappa shape index (κ1) is 12.0. The van der Waals surface area contributed by atoms with Gasteiger partial charge in [0.25, 0.3) is 0 Å². The molecule has 1 nitrogen and oxygen atoms in total. The maximum atomic E-state index is 6.24. The Bertz CT molecular complexity index is 293. The van der Waals surface area contributed by atoms with Gasteiger partial charge in [-0.3, -0.25) is 0 Å². The first-order valence-electron chi connectivity index (χ1n) is 4.97. The fraction of sp³-hybridized carbons (Fsp3) is 0.636. The van der Waals surface area contributed by atoms with E-state index in [4.69, 9.17) is 11.6 Å².